The van der Waals surface area contributed by atoms with Gasteiger partial charge in [-0.2, -0.15) is 0 Å². The molecule has 0 aromatic heterocycles. The fourth-order valence-electron chi connectivity index (χ4n) is 1.48. The zero-order valence-corrected chi connectivity index (χ0v) is 8.67. The number of aliphatic hydroxyl groups excluding tert-OH is 1. The summed E-state index contributed by atoms with van der Waals surface area (Å²) in [5, 5.41) is 20.3. The summed E-state index contributed by atoms with van der Waals surface area (Å²) in [6.07, 6.45) is -0.193. The monoisotopic (exact) mass is 209 g/mol. The predicted octanol–water partition coefficient (Wildman–Crippen LogP) is 1.65. The van der Waals surface area contributed by atoms with Crippen LogP contribution in [0.3, 0.4) is 0 Å². The summed E-state index contributed by atoms with van der Waals surface area (Å²) < 4.78 is 0. The Morgan fingerprint density at radius 3 is 2.47 bits per heavy atom. The van der Waals surface area contributed by atoms with Crippen LogP contribution in [0.2, 0.25) is 0 Å². The molecular formula is C11H15NO3. The molecule has 15 heavy (non-hydrogen) atoms. The van der Waals surface area contributed by atoms with E-state index in [9.17, 15) is 15.2 Å². The Morgan fingerprint density at radius 2 is 2.00 bits per heavy atom. The fraction of sp³-hybridized carbons (Fsp3) is 0.455. The van der Waals surface area contributed by atoms with Crippen LogP contribution in [0.5, 0.6) is 0 Å². The third kappa shape index (κ3) is 3.32. The molecule has 1 aromatic rings. The molecule has 1 aromatic carbocycles. The Labute approximate surface area is 88.7 Å². The Balaban J connectivity index is 2.71. The van der Waals surface area contributed by atoms with Crippen LogP contribution >= 0.6 is 0 Å². The number of hydrogen-bond acceptors (Lipinski definition) is 3. The van der Waals surface area contributed by atoms with Gasteiger partial charge in [0, 0.05) is 11.3 Å². The van der Waals surface area contributed by atoms with Gasteiger partial charge in [0.2, 0.25) is 6.04 Å². The summed E-state index contributed by atoms with van der Waals surface area (Å²) in [6.45, 7) is 1.74. The maximum Gasteiger partial charge on any atom is 0.242 e. The van der Waals surface area contributed by atoms with Gasteiger partial charge in [0.15, 0.2) is 0 Å². The largest absolute Gasteiger partial charge is 0.386 e. The van der Waals surface area contributed by atoms with Crippen molar-refractivity contribution in [3.05, 3.63) is 46.0 Å². The molecule has 0 spiro atoms. The first kappa shape index (κ1) is 11.7. The molecule has 0 heterocycles. The van der Waals surface area contributed by atoms with Gasteiger partial charge in [0.1, 0.15) is 6.10 Å². The highest BCUT2D eigenvalue weighted by molar-refractivity contribution is 5.15. The average Bonchev–Trinajstić information content (AvgIpc) is 2.26. The molecule has 0 bridgehead atoms. The van der Waals surface area contributed by atoms with Crippen LogP contribution in [0.1, 0.15) is 18.9 Å². The molecule has 0 aliphatic heterocycles. The summed E-state index contributed by atoms with van der Waals surface area (Å²) >= 11 is 0. The van der Waals surface area contributed by atoms with Gasteiger partial charge in [0.25, 0.3) is 0 Å². The number of nitrogens with zero attached hydrogens (tertiary/aromatic N) is 1. The molecule has 4 nitrogen and oxygen atoms in total. The average molecular weight is 209 g/mol. The van der Waals surface area contributed by atoms with Gasteiger partial charge >= 0.3 is 0 Å². The second kappa shape index (κ2) is 5.46. The lowest BCUT2D eigenvalue weighted by Crippen LogP contribution is -2.35. The fourth-order valence-corrected chi connectivity index (χ4v) is 1.48. The summed E-state index contributed by atoms with van der Waals surface area (Å²) in [7, 11) is 0. The minimum absolute atomic E-state index is 0.281. The third-order valence-electron chi connectivity index (χ3n) is 2.42. The van der Waals surface area contributed by atoms with E-state index in [1.165, 1.54) is 0 Å². The molecular weight excluding hydrogens is 194 g/mol. The van der Waals surface area contributed by atoms with Gasteiger partial charge in [-0.1, -0.05) is 37.3 Å². The van der Waals surface area contributed by atoms with Crippen molar-refractivity contribution >= 4 is 0 Å². The first-order valence-electron chi connectivity index (χ1n) is 5.00. The Kier molecular flexibility index (Phi) is 4.24. The van der Waals surface area contributed by atoms with E-state index in [4.69, 9.17) is 0 Å². The summed E-state index contributed by atoms with van der Waals surface area (Å²) in [4.78, 5) is 10.3. The van der Waals surface area contributed by atoms with Crippen LogP contribution in [-0.2, 0) is 6.42 Å². The van der Waals surface area contributed by atoms with Crippen molar-refractivity contribution in [2.75, 3.05) is 0 Å². The molecule has 0 fully saturated rings. The van der Waals surface area contributed by atoms with E-state index in [-0.39, 0.29) is 6.42 Å². The summed E-state index contributed by atoms with van der Waals surface area (Å²) in [5.41, 5.74) is 0.881. The van der Waals surface area contributed by atoms with E-state index in [1.54, 1.807) is 6.92 Å². The third-order valence-corrected chi connectivity index (χ3v) is 2.42. The van der Waals surface area contributed by atoms with E-state index >= 15 is 0 Å². The zero-order valence-electron chi connectivity index (χ0n) is 8.67. The standard InChI is InChI=1S/C11H15NO3/c1-2-11(13)10(12(14)15)8-9-6-4-3-5-7-9/h3-7,10-11,13H,2,8H2,1H3/t10-,11+/m1/s1. The van der Waals surface area contributed by atoms with Crippen LogP contribution in [-0.4, -0.2) is 22.2 Å². The van der Waals surface area contributed by atoms with Crippen molar-refractivity contribution < 1.29 is 10.0 Å². The van der Waals surface area contributed by atoms with Crippen LogP contribution in [0.4, 0.5) is 0 Å². The molecule has 0 unspecified atom stereocenters. The van der Waals surface area contributed by atoms with Crippen LogP contribution < -0.4 is 0 Å². The summed E-state index contributed by atoms with van der Waals surface area (Å²) in [5.74, 6) is 0. The van der Waals surface area contributed by atoms with E-state index in [0.717, 1.165) is 5.56 Å². The highest BCUT2D eigenvalue weighted by Gasteiger charge is 2.28. The lowest BCUT2D eigenvalue weighted by molar-refractivity contribution is -0.534. The molecule has 1 rings (SSSR count). The molecule has 0 aliphatic rings. The Morgan fingerprint density at radius 1 is 1.40 bits per heavy atom. The minimum Gasteiger partial charge on any atom is -0.386 e. The van der Waals surface area contributed by atoms with Crippen LogP contribution in [0.15, 0.2) is 30.3 Å². The number of benzene rings is 1. The van der Waals surface area contributed by atoms with Crippen LogP contribution in [0, 0.1) is 10.1 Å². The minimum atomic E-state index is -0.905. The van der Waals surface area contributed by atoms with Crippen molar-refractivity contribution in [2.45, 2.75) is 31.9 Å². The summed E-state index contributed by atoms with van der Waals surface area (Å²) in [6, 6.07) is 8.30. The van der Waals surface area contributed by atoms with Gasteiger partial charge in [-0.15, -0.1) is 0 Å². The van der Waals surface area contributed by atoms with Crippen molar-refractivity contribution in [2.24, 2.45) is 0 Å². The van der Waals surface area contributed by atoms with Gasteiger partial charge in [-0.25, -0.2) is 0 Å². The molecule has 0 amide bonds. The van der Waals surface area contributed by atoms with Crippen molar-refractivity contribution in [3.63, 3.8) is 0 Å². The number of rotatable bonds is 5. The number of hydrogen-bond donors (Lipinski definition) is 1. The smallest absolute Gasteiger partial charge is 0.242 e. The van der Waals surface area contributed by atoms with Gasteiger partial charge in [-0.05, 0) is 12.0 Å². The second-order valence-electron chi connectivity index (χ2n) is 3.52. The highest BCUT2D eigenvalue weighted by Crippen LogP contribution is 2.10. The number of aliphatic hydroxyl groups is 1. The second-order valence-corrected chi connectivity index (χ2v) is 3.52. The SMILES string of the molecule is CC[C@H](O)[C@@H](Cc1ccccc1)[N+](=O)[O-]. The topological polar surface area (TPSA) is 63.4 Å². The lowest BCUT2D eigenvalue weighted by Gasteiger charge is -2.14. The Bertz CT molecular complexity index is 313. The molecule has 0 saturated carbocycles. The van der Waals surface area contributed by atoms with E-state index < -0.39 is 17.1 Å². The van der Waals surface area contributed by atoms with Crippen molar-refractivity contribution in [3.8, 4) is 0 Å². The zero-order chi connectivity index (χ0) is 11.3. The van der Waals surface area contributed by atoms with Crippen molar-refractivity contribution in [1.82, 2.24) is 0 Å². The molecule has 2 atom stereocenters. The number of nitro groups is 1. The predicted molar refractivity (Wildman–Crippen MR) is 57.2 cm³/mol. The maximum atomic E-state index is 10.7. The van der Waals surface area contributed by atoms with E-state index in [2.05, 4.69) is 0 Å². The quantitative estimate of drug-likeness (QED) is 0.592. The first-order chi connectivity index (χ1) is 7.15. The van der Waals surface area contributed by atoms with E-state index in [1.807, 2.05) is 30.3 Å². The molecule has 82 valence electrons. The van der Waals surface area contributed by atoms with Gasteiger partial charge in [0.05, 0.1) is 0 Å². The Hall–Kier alpha value is -1.42. The van der Waals surface area contributed by atoms with Crippen molar-refractivity contribution in [1.29, 1.82) is 0 Å². The maximum absolute atomic E-state index is 10.7. The normalized spacial score (nSPS) is 14.5. The molecule has 0 saturated heterocycles. The van der Waals surface area contributed by atoms with Gasteiger partial charge in [-0.3, -0.25) is 10.1 Å². The molecule has 1 N–H and O–H groups in total. The first-order valence-corrected chi connectivity index (χ1v) is 5.00. The van der Waals surface area contributed by atoms with Crippen LogP contribution in [0.25, 0.3) is 0 Å². The lowest BCUT2D eigenvalue weighted by atomic mass is 10.0. The van der Waals surface area contributed by atoms with E-state index in [0.29, 0.717) is 6.42 Å². The molecule has 0 aliphatic carbocycles. The molecule has 4 heteroatoms. The molecule has 0 radical (unpaired) electrons. The van der Waals surface area contributed by atoms with Gasteiger partial charge < -0.3 is 5.11 Å². The highest BCUT2D eigenvalue weighted by atomic mass is 16.6.